The van der Waals surface area contributed by atoms with Crippen molar-refractivity contribution in [3.63, 3.8) is 0 Å². The van der Waals surface area contributed by atoms with Crippen molar-refractivity contribution in [3.8, 4) is 0 Å². The van der Waals surface area contributed by atoms with E-state index in [1.54, 1.807) is 7.05 Å². The summed E-state index contributed by atoms with van der Waals surface area (Å²) in [5.41, 5.74) is 0. The molecule has 1 N–H and O–H groups in total. The SMILES string of the molecule is CCCN(C)S(=O)(=O)CCNC1CC1. The number of hydrogen-bond acceptors (Lipinski definition) is 3. The van der Waals surface area contributed by atoms with E-state index in [4.69, 9.17) is 0 Å². The molecular weight excluding hydrogens is 200 g/mol. The number of sulfonamides is 1. The molecule has 14 heavy (non-hydrogen) atoms. The highest BCUT2D eigenvalue weighted by Gasteiger charge is 2.22. The van der Waals surface area contributed by atoms with Gasteiger partial charge in [-0.15, -0.1) is 0 Å². The smallest absolute Gasteiger partial charge is 0.215 e. The van der Waals surface area contributed by atoms with Crippen molar-refractivity contribution in [1.82, 2.24) is 9.62 Å². The van der Waals surface area contributed by atoms with Gasteiger partial charge in [0.05, 0.1) is 5.75 Å². The standard InChI is InChI=1S/C9H20N2O2S/c1-3-7-11(2)14(12,13)8-6-10-9-4-5-9/h9-10H,3-8H2,1-2H3. The monoisotopic (exact) mass is 220 g/mol. The van der Waals surface area contributed by atoms with Gasteiger partial charge in [0.25, 0.3) is 0 Å². The van der Waals surface area contributed by atoms with Crippen LogP contribution in [0.5, 0.6) is 0 Å². The van der Waals surface area contributed by atoms with Crippen molar-refractivity contribution in [2.75, 3.05) is 25.9 Å². The minimum atomic E-state index is -3.02. The maximum absolute atomic E-state index is 11.6. The molecule has 84 valence electrons. The van der Waals surface area contributed by atoms with Crippen molar-refractivity contribution >= 4 is 10.0 Å². The lowest BCUT2D eigenvalue weighted by atomic mass is 10.5. The molecule has 1 saturated carbocycles. The van der Waals surface area contributed by atoms with Gasteiger partial charge in [0.1, 0.15) is 0 Å². The van der Waals surface area contributed by atoms with E-state index in [0.29, 0.717) is 19.1 Å². The van der Waals surface area contributed by atoms with E-state index >= 15 is 0 Å². The Morgan fingerprint density at radius 2 is 2.07 bits per heavy atom. The fraction of sp³-hybridized carbons (Fsp3) is 1.00. The fourth-order valence-corrected chi connectivity index (χ4v) is 2.44. The van der Waals surface area contributed by atoms with Gasteiger partial charge >= 0.3 is 0 Å². The molecule has 0 radical (unpaired) electrons. The normalized spacial score (nSPS) is 17.6. The predicted molar refractivity (Wildman–Crippen MR) is 57.7 cm³/mol. The van der Waals surface area contributed by atoms with Crippen LogP contribution in [0.3, 0.4) is 0 Å². The Hall–Kier alpha value is -0.130. The average molecular weight is 220 g/mol. The van der Waals surface area contributed by atoms with Gasteiger partial charge in [0, 0.05) is 26.2 Å². The van der Waals surface area contributed by atoms with Gasteiger partial charge in [-0.05, 0) is 19.3 Å². The topological polar surface area (TPSA) is 49.4 Å². The van der Waals surface area contributed by atoms with E-state index in [0.717, 1.165) is 6.42 Å². The van der Waals surface area contributed by atoms with Crippen LogP contribution in [-0.4, -0.2) is 44.7 Å². The largest absolute Gasteiger partial charge is 0.313 e. The van der Waals surface area contributed by atoms with Crippen molar-refractivity contribution in [1.29, 1.82) is 0 Å². The molecule has 0 aromatic rings. The summed E-state index contributed by atoms with van der Waals surface area (Å²) in [5, 5.41) is 3.20. The van der Waals surface area contributed by atoms with Crippen LogP contribution in [0, 0.1) is 0 Å². The molecule has 0 atom stereocenters. The third-order valence-corrected chi connectivity index (χ3v) is 4.24. The summed E-state index contributed by atoms with van der Waals surface area (Å²) in [5.74, 6) is 0.222. The zero-order valence-electron chi connectivity index (χ0n) is 8.99. The Bertz CT molecular complexity index is 260. The second-order valence-electron chi connectivity index (χ2n) is 3.87. The second kappa shape index (κ2) is 5.09. The first-order valence-electron chi connectivity index (χ1n) is 5.23. The molecule has 0 unspecified atom stereocenters. The fourth-order valence-electron chi connectivity index (χ4n) is 1.29. The molecular formula is C9H20N2O2S. The molecule has 1 fully saturated rings. The number of nitrogens with one attached hydrogen (secondary N) is 1. The summed E-state index contributed by atoms with van der Waals surface area (Å²) in [6.07, 6.45) is 3.27. The van der Waals surface area contributed by atoms with Crippen LogP contribution in [0.4, 0.5) is 0 Å². The minimum absolute atomic E-state index is 0.222. The van der Waals surface area contributed by atoms with Crippen LogP contribution in [0.15, 0.2) is 0 Å². The Morgan fingerprint density at radius 3 is 2.57 bits per heavy atom. The number of rotatable bonds is 7. The minimum Gasteiger partial charge on any atom is -0.313 e. The van der Waals surface area contributed by atoms with Gasteiger partial charge in [0.2, 0.25) is 10.0 Å². The van der Waals surface area contributed by atoms with E-state index < -0.39 is 10.0 Å². The summed E-state index contributed by atoms with van der Waals surface area (Å²) in [6.45, 7) is 3.18. The zero-order valence-corrected chi connectivity index (χ0v) is 9.81. The highest BCUT2D eigenvalue weighted by molar-refractivity contribution is 7.89. The lowest BCUT2D eigenvalue weighted by Gasteiger charge is -2.16. The molecule has 0 spiro atoms. The lowest BCUT2D eigenvalue weighted by Crippen LogP contribution is -2.34. The molecule has 0 aromatic heterocycles. The van der Waals surface area contributed by atoms with Crippen LogP contribution < -0.4 is 5.32 Å². The molecule has 1 aliphatic carbocycles. The van der Waals surface area contributed by atoms with Gasteiger partial charge in [-0.25, -0.2) is 12.7 Å². The first kappa shape index (κ1) is 11.9. The summed E-state index contributed by atoms with van der Waals surface area (Å²) < 4.78 is 24.7. The molecule has 0 bridgehead atoms. The molecule has 4 nitrogen and oxygen atoms in total. The molecule has 0 amide bonds. The summed E-state index contributed by atoms with van der Waals surface area (Å²) in [6, 6.07) is 0.585. The highest BCUT2D eigenvalue weighted by atomic mass is 32.2. The Balaban J connectivity index is 2.24. The van der Waals surface area contributed by atoms with E-state index in [2.05, 4.69) is 5.32 Å². The Kier molecular flexibility index (Phi) is 4.34. The quantitative estimate of drug-likeness (QED) is 0.676. The zero-order chi connectivity index (χ0) is 10.6. The highest BCUT2D eigenvalue weighted by Crippen LogP contribution is 2.18. The molecule has 0 aliphatic heterocycles. The van der Waals surface area contributed by atoms with E-state index in [1.165, 1.54) is 17.1 Å². The summed E-state index contributed by atoms with van der Waals surface area (Å²) in [7, 11) is -1.37. The van der Waals surface area contributed by atoms with Gasteiger partial charge in [-0.2, -0.15) is 0 Å². The Morgan fingerprint density at radius 1 is 1.43 bits per heavy atom. The number of hydrogen-bond donors (Lipinski definition) is 1. The Labute approximate surface area is 86.7 Å². The third kappa shape index (κ3) is 3.94. The van der Waals surface area contributed by atoms with E-state index in [1.807, 2.05) is 6.92 Å². The predicted octanol–water partition coefficient (Wildman–Crippen LogP) is 0.410. The molecule has 0 heterocycles. The summed E-state index contributed by atoms with van der Waals surface area (Å²) >= 11 is 0. The second-order valence-corrected chi connectivity index (χ2v) is 6.06. The van der Waals surface area contributed by atoms with Gasteiger partial charge in [-0.1, -0.05) is 6.92 Å². The third-order valence-electron chi connectivity index (χ3n) is 2.38. The molecule has 5 heteroatoms. The van der Waals surface area contributed by atoms with E-state index in [9.17, 15) is 8.42 Å². The molecule has 1 aliphatic rings. The van der Waals surface area contributed by atoms with Crippen molar-refractivity contribution < 1.29 is 8.42 Å². The van der Waals surface area contributed by atoms with Crippen molar-refractivity contribution in [2.45, 2.75) is 32.2 Å². The maximum Gasteiger partial charge on any atom is 0.215 e. The van der Waals surface area contributed by atoms with Crippen LogP contribution in [0.2, 0.25) is 0 Å². The van der Waals surface area contributed by atoms with Crippen LogP contribution in [-0.2, 0) is 10.0 Å². The molecule has 1 rings (SSSR count). The number of nitrogens with zero attached hydrogens (tertiary/aromatic N) is 1. The van der Waals surface area contributed by atoms with E-state index in [-0.39, 0.29) is 5.75 Å². The first-order chi connectivity index (χ1) is 6.56. The molecule has 0 saturated heterocycles. The van der Waals surface area contributed by atoms with Crippen molar-refractivity contribution in [2.24, 2.45) is 0 Å². The van der Waals surface area contributed by atoms with Gasteiger partial charge in [0.15, 0.2) is 0 Å². The maximum atomic E-state index is 11.6. The average Bonchev–Trinajstić information content (AvgIpc) is 2.88. The van der Waals surface area contributed by atoms with Gasteiger partial charge in [-0.3, -0.25) is 0 Å². The van der Waals surface area contributed by atoms with Crippen molar-refractivity contribution in [3.05, 3.63) is 0 Å². The summed E-state index contributed by atoms with van der Waals surface area (Å²) in [4.78, 5) is 0. The molecule has 0 aromatic carbocycles. The van der Waals surface area contributed by atoms with Gasteiger partial charge < -0.3 is 5.32 Å². The van der Waals surface area contributed by atoms with Crippen LogP contribution in [0.25, 0.3) is 0 Å². The first-order valence-corrected chi connectivity index (χ1v) is 6.84. The van der Waals surface area contributed by atoms with Crippen LogP contribution in [0.1, 0.15) is 26.2 Å². The lowest BCUT2D eigenvalue weighted by molar-refractivity contribution is 0.466. The van der Waals surface area contributed by atoms with Crippen LogP contribution >= 0.6 is 0 Å².